The van der Waals surface area contributed by atoms with Crippen LogP contribution in [0.5, 0.6) is 0 Å². The molecule has 0 saturated heterocycles. The van der Waals surface area contributed by atoms with Gasteiger partial charge >= 0.3 is 0 Å². The number of ether oxygens (including phenoxy) is 2. The fraction of sp³-hybridized carbons (Fsp3) is 0.579. The number of nitrogens with two attached hydrogens (primary N) is 1. The molecule has 3 aliphatic rings. The topological polar surface area (TPSA) is 80.6 Å². The van der Waals surface area contributed by atoms with Crippen LogP contribution in [0.1, 0.15) is 45.6 Å². The van der Waals surface area contributed by atoms with E-state index in [1.54, 1.807) is 19.2 Å². The van der Waals surface area contributed by atoms with E-state index in [0.29, 0.717) is 12.0 Å². The SMILES string of the molecule is [2H]C1([2H])OC(N)=N[C@]12c1cc(C#N)ccc1C[C@]21CC[C@@H](OC)[C@H](C)C1. The number of rotatable bonds is 1. The molecule has 4 atom stereocenters. The molecule has 5 heteroatoms. The van der Waals surface area contributed by atoms with Crippen molar-refractivity contribution in [3.8, 4) is 6.07 Å². The zero-order chi connectivity index (χ0) is 18.7. The van der Waals surface area contributed by atoms with E-state index >= 15 is 0 Å². The van der Waals surface area contributed by atoms with E-state index in [0.717, 1.165) is 30.4 Å². The molecule has 1 aromatic rings. The van der Waals surface area contributed by atoms with Crippen LogP contribution in [0.15, 0.2) is 23.2 Å². The number of benzene rings is 1. The van der Waals surface area contributed by atoms with Crippen LogP contribution in [-0.4, -0.2) is 25.8 Å². The number of methoxy groups -OCH3 is 1. The van der Waals surface area contributed by atoms with E-state index < -0.39 is 17.5 Å². The van der Waals surface area contributed by atoms with Crippen molar-refractivity contribution < 1.29 is 12.2 Å². The van der Waals surface area contributed by atoms with Gasteiger partial charge < -0.3 is 15.2 Å². The number of nitrogens with zero attached hydrogens (tertiary/aromatic N) is 2. The summed E-state index contributed by atoms with van der Waals surface area (Å²) in [4.78, 5) is 4.60. The highest BCUT2D eigenvalue weighted by molar-refractivity contribution is 5.75. The maximum absolute atomic E-state index is 9.34. The second-order valence-corrected chi connectivity index (χ2v) is 7.30. The van der Waals surface area contributed by atoms with Gasteiger partial charge in [0, 0.05) is 12.5 Å². The molecule has 0 aromatic heterocycles. The maximum Gasteiger partial charge on any atom is 0.283 e. The molecule has 1 fully saturated rings. The molecular formula is C19H23N3O2. The number of hydrogen-bond acceptors (Lipinski definition) is 5. The Kier molecular flexibility index (Phi) is 2.88. The van der Waals surface area contributed by atoms with Crippen LogP contribution in [0.4, 0.5) is 0 Å². The third kappa shape index (κ3) is 1.93. The molecule has 5 nitrogen and oxygen atoms in total. The van der Waals surface area contributed by atoms with Gasteiger partial charge in [0.2, 0.25) is 0 Å². The van der Waals surface area contributed by atoms with Crippen LogP contribution >= 0.6 is 0 Å². The van der Waals surface area contributed by atoms with Gasteiger partial charge in [-0.2, -0.15) is 5.26 Å². The summed E-state index contributed by atoms with van der Waals surface area (Å²) in [6, 6.07) is 7.51. The third-order valence-corrected chi connectivity index (χ3v) is 6.06. The third-order valence-electron chi connectivity index (χ3n) is 6.06. The monoisotopic (exact) mass is 327 g/mol. The number of fused-ring (bicyclic) bond motifs is 3. The minimum atomic E-state index is -2.06. The first-order valence-corrected chi connectivity index (χ1v) is 8.39. The highest BCUT2D eigenvalue weighted by Gasteiger charge is 2.62. The highest BCUT2D eigenvalue weighted by atomic mass is 16.5. The number of amidine groups is 1. The van der Waals surface area contributed by atoms with Gasteiger partial charge in [-0.15, -0.1) is 0 Å². The second-order valence-electron chi connectivity index (χ2n) is 7.30. The van der Waals surface area contributed by atoms with Crippen molar-refractivity contribution in [1.82, 2.24) is 0 Å². The van der Waals surface area contributed by atoms with Gasteiger partial charge in [0.05, 0.1) is 20.5 Å². The summed E-state index contributed by atoms with van der Waals surface area (Å²) in [6.07, 6.45) is 3.23. The summed E-state index contributed by atoms with van der Waals surface area (Å²) in [6.45, 7) is 0.0843. The van der Waals surface area contributed by atoms with E-state index in [1.807, 2.05) is 6.07 Å². The van der Waals surface area contributed by atoms with Gasteiger partial charge in [0.15, 0.2) is 0 Å². The van der Waals surface area contributed by atoms with E-state index in [-0.39, 0.29) is 18.0 Å². The van der Waals surface area contributed by atoms with Gasteiger partial charge in [0.1, 0.15) is 12.1 Å². The summed E-state index contributed by atoms with van der Waals surface area (Å²) in [7, 11) is 1.73. The Bertz CT molecular complexity index is 835. The average Bonchev–Trinajstić information content (AvgIpc) is 2.99. The molecule has 24 heavy (non-hydrogen) atoms. The molecule has 0 bridgehead atoms. The van der Waals surface area contributed by atoms with Gasteiger partial charge in [-0.1, -0.05) is 13.0 Å². The first-order valence-electron chi connectivity index (χ1n) is 9.39. The van der Waals surface area contributed by atoms with Crippen LogP contribution in [0.2, 0.25) is 0 Å². The molecule has 0 unspecified atom stereocenters. The molecule has 2 N–H and O–H groups in total. The van der Waals surface area contributed by atoms with Crippen molar-refractivity contribution in [3.63, 3.8) is 0 Å². The molecule has 126 valence electrons. The fourth-order valence-electron chi connectivity index (χ4n) is 4.99. The van der Waals surface area contributed by atoms with Crippen LogP contribution in [-0.2, 0) is 21.4 Å². The molecule has 1 heterocycles. The Labute approximate surface area is 145 Å². The van der Waals surface area contributed by atoms with Gasteiger partial charge in [-0.25, -0.2) is 4.99 Å². The molecule has 2 spiro atoms. The lowest BCUT2D eigenvalue weighted by Gasteiger charge is -2.47. The maximum atomic E-state index is 9.34. The van der Waals surface area contributed by atoms with Crippen molar-refractivity contribution in [2.75, 3.05) is 13.7 Å². The Morgan fingerprint density at radius 3 is 3.00 bits per heavy atom. The van der Waals surface area contributed by atoms with Crippen molar-refractivity contribution >= 4 is 6.02 Å². The quantitative estimate of drug-likeness (QED) is 0.859. The lowest BCUT2D eigenvalue weighted by atomic mass is 9.59. The standard InChI is InChI=1S/C19H23N3O2/c1-12-8-18(6-5-16(12)23-2)9-14-4-3-13(10-20)7-15(14)19(18)11-24-17(21)22-19/h3-4,7,12,16H,5-6,8-9,11H2,1-2H3,(H2,21,22)/t12-,16-,18-,19+/m1/s1/i11D2. The van der Waals surface area contributed by atoms with Crippen molar-refractivity contribution in [3.05, 3.63) is 34.9 Å². The molecule has 4 rings (SSSR count). The first-order chi connectivity index (χ1) is 12.3. The molecular weight excluding hydrogens is 302 g/mol. The lowest BCUT2D eigenvalue weighted by Crippen LogP contribution is -2.48. The number of hydrogen-bond donors (Lipinski definition) is 1. The highest BCUT2D eigenvalue weighted by Crippen LogP contribution is 2.62. The molecule has 0 radical (unpaired) electrons. The Hall–Kier alpha value is -2.06. The zero-order valence-electron chi connectivity index (χ0n) is 16.0. The van der Waals surface area contributed by atoms with Gasteiger partial charge in [0.25, 0.3) is 6.02 Å². The van der Waals surface area contributed by atoms with Crippen LogP contribution < -0.4 is 5.73 Å². The Balaban J connectivity index is 1.93. The zero-order valence-corrected chi connectivity index (χ0v) is 14.0. The summed E-state index contributed by atoms with van der Waals surface area (Å²) in [5.74, 6) is 0.267. The van der Waals surface area contributed by atoms with E-state index in [9.17, 15) is 5.26 Å². The molecule has 0 amide bonds. The number of aliphatic imine (C=N–C) groups is 1. The van der Waals surface area contributed by atoms with Crippen molar-refractivity contribution in [2.45, 2.75) is 44.2 Å². The molecule has 1 aromatic carbocycles. The van der Waals surface area contributed by atoms with E-state index in [4.69, 9.17) is 17.9 Å². The van der Waals surface area contributed by atoms with Crippen molar-refractivity contribution in [2.24, 2.45) is 22.1 Å². The largest absolute Gasteiger partial charge is 0.462 e. The van der Waals surface area contributed by atoms with Gasteiger partial charge in [-0.3, -0.25) is 0 Å². The Morgan fingerprint density at radius 1 is 1.54 bits per heavy atom. The number of nitriles is 1. The lowest BCUT2D eigenvalue weighted by molar-refractivity contribution is -0.0445. The fourth-order valence-corrected chi connectivity index (χ4v) is 4.99. The smallest absolute Gasteiger partial charge is 0.283 e. The van der Waals surface area contributed by atoms with E-state index in [1.165, 1.54) is 0 Å². The van der Waals surface area contributed by atoms with Crippen LogP contribution in [0, 0.1) is 22.7 Å². The first kappa shape index (κ1) is 13.3. The Morgan fingerprint density at radius 2 is 2.38 bits per heavy atom. The summed E-state index contributed by atoms with van der Waals surface area (Å²) in [5.41, 5.74) is 6.47. The molecule has 1 aliphatic heterocycles. The molecule has 1 saturated carbocycles. The molecule has 2 aliphatic carbocycles. The summed E-state index contributed by atoms with van der Waals surface area (Å²) in [5, 5.41) is 9.34. The van der Waals surface area contributed by atoms with Crippen LogP contribution in [0.3, 0.4) is 0 Å². The van der Waals surface area contributed by atoms with E-state index in [2.05, 4.69) is 18.0 Å². The summed E-state index contributed by atoms with van der Waals surface area (Å²) < 4.78 is 28.4. The predicted molar refractivity (Wildman–Crippen MR) is 90.4 cm³/mol. The summed E-state index contributed by atoms with van der Waals surface area (Å²) >= 11 is 0. The van der Waals surface area contributed by atoms with Crippen molar-refractivity contribution in [1.29, 1.82) is 5.26 Å². The minimum Gasteiger partial charge on any atom is -0.462 e. The predicted octanol–water partition coefficient (Wildman–Crippen LogP) is 2.48. The van der Waals surface area contributed by atoms with Crippen LogP contribution in [0.25, 0.3) is 0 Å². The minimum absolute atomic E-state index is 0.119. The normalized spacial score (nSPS) is 40.5. The average molecular weight is 327 g/mol. The second kappa shape index (κ2) is 5.22. The van der Waals surface area contributed by atoms with Gasteiger partial charge in [-0.05, 0) is 54.9 Å².